The van der Waals surface area contributed by atoms with Crippen LogP contribution in [-0.2, 0) is 18.3 Å². The van der Waals surface area contributed by atoms with E-state index in [0.29, 0.717) is 29.8 Å². The van der Waals surface area contributed by atoms with E-state index >= 15 is 0 Å². The second-order valence-electron chi connectivity index (χ2n) is 8.52. The number of hydrogen-bond donors (Lipinski definition) is 2. The van der Waals surface area contributed by atoms with Gasteiger partial charge in [0, 0.05) is 49.1 Å². The van der Waals surface area contributed by atoms with Crippen LogP contribution in [0.3, 0.4) is 0 Å². The number of benzene rings is 2. The fraction of sp³-hybridized carbons (Fsp3) is 0.333. The van der Waals surface area contributed by atoms with Crippen LogP contribution in [0.1, 0.15) is 37.3 Å². The van der Waals surface area contributed by atoms with Crippen LogP contribution in [0.15, 0.2) is 42.7 Å². The van der Waals surface area contributed by atoms with E-state index in [4.69, 9.17) is 0 Å². The first-order chi connectivity index (χ1) is 15.4. The first-order valence-electron chi connectivity index (χ1n) is 10.8. The van der Waals surface area contributed by atoms with Crippen LogP contribution in [0.5, 0.6) is 0 Å². The Bertz CT molecular complexity index is 1190. The monoisotopic (exact) mass is 437 g/mol. The lowest BCUT2D eigenvalue weighted by atomic mass is 9.92. The average molecular weight is 437 g/mol. The summed E-state index contributed by atoms with van der Waals surface area (Å²) in [4.78, 5) is 14.3. The molecule has 0 radical (unpaired) electrons. The molecule has 0 fully saturated rings. The molecule has 2 N–H and O–H groups in total. The Morgan fingerprint density at radius 3 is 2.81 bits per heavy atom. The second-order valence-corrected chi connectivity index (χ2v) is 8.52. The molecule has 2 aromatic carbocycles. The smallest absolute Gasteiger partial charge is 0.264 e. The molecule has 2 aliphatic heterocycles. The zero-order chi connectivity index (χ0) is 22.4. The van der Waals surface area contributed by atoms with Crippen molar-refractivity contribution in [2.75, 3.05) is 22.1 Å². The Morgan fingerprint density at radius 1 is 1.22 bits per heavy atom. The molecular formula is C24H25F2N5O. The summed E-state index contributed by atoms with van der Waals surface area (Å²) in [7, 11) is 1.78. The van der Waals surface area contributed by atoms with E-state index in [0.717, 1.165) is 35.5 Å². The van der Waals surface area contributed by atoms with E-state index in [2.05, 4.69) is 20.6 Å². The fourth-order valence-corrected chi connectivity index (χ4v) is 4.69. The zero-order valence-corrected chi connectivity index (χ0v) is 18.0. The number of nitrogens with zero attached hydrogens (tertiary/aromatic N) is 3. The van der Waals surface area contributed by atoms with Crippen molar-refractivity contribution >= 4 is 28.7 Å². The maximum atomic E-state index is 14.1. The Morgan fingerprint density at radius 2 is 2.06 bits per heavy atom. The first-order valence-corrected chi connectivity index (χ1v) is 10.8. The predicted octanol–water partition coefficient (Wildman–Crippen LogP) is 5.25. The van der Waals surface area contributed by atoms with E-state index in [1.807, 2.05) is 31.2 Å². The molecule has 1 aromatic heterocycles. The number of carbonyl (C=O) groups is 1. The van der Waals surface area contributed by atoms with Crippen LogP contribution in [0.25, 0.3) is 11.1 Å². The predicted molar refractivity (Wildman–Crippen MR) is 122 cm³/mol. The number of para-hydroxylation sites is 1. The number of alkyl halides is 2. The van der Waals surface area contributed by atoms with Crippen molar-refractivity contribution in [1.29, 1.82) is 0 Å². The van der Waals surface area contributed by atoms with Crippen molar-refractivity contribution in [3.63, 3.8) is 0 Å². The highest BCUT2D eigenvalue weighted by Gasteiger charge is 2.28. The normalized spacial score (nSPS) is 18.0. The quantitative estimate of drug-likeness (QED) is 0.587. The summed E-state index contributed by atoms with van der Waals surface area (Å²) in [6.07, 6.45) is 2.87. The van der Waals surface area contributed by atoms with E-state index in [-0.39, 0.29) is 17.5 Å². The lowest BCUT2D eigenvalue weighted by Crippen LogP contribution is -2.26. The highest BCUT2D eigenvalue weighted by Crippen LogP contribution is 2.45. The molecule has 1 amide bonds. The summed E-state index contributed by atoms with van der Waals surface area (Å²) in [5.41, 5.74) is 5.46. The molecule has 0 saturated heterocycles. The minimum Gasteiger partial charge on any atom is -0.379 e. The lowest BCUT2D eigenvalue weighted by molar-refractivity contribution is -0.116. The Kier molecular flexibility index (Phi) is 5.07. The van der Waals surface area contributed by atoms with E-state index in [1.165, 1.54) is 0 Å². The van der Waals surface area contributed by atoms with Crippen molar-refractivity contribution in [2.24, 2.45) is 7.05 Å². The first kappa shape index (κ1) is 20.5. The maximum Gasteiger partial charge on any atom is 0.264 e. The van der Waals surface area contributed by atoms with E-state index in [9.17, 15) is 13.6 Å². The van der Waals surface area contributed by atoms with Gasteiger partial charge in [-0.3, -0.25) is 9.48 Å². The maximum absolute atomic E-state index is 14.1. The Hall–Kier alpha value is -3.42. The SMILES string of the molecule is C[C@@H]1CC(=O)Nc2cccc(N3CCCc4cc(-c5cnn(C)c5)c(C(F)F)cc43)c2N1. The van der Waals surface area contributed by atoms with Crippen LogP contribution >= 0.6 is 0 Å². The minimum atomic E-state index is -2.61. The summed E-state index contributed by atoms with van der Waals surface area (Å²) < 4.78 is 29.9. The van der Waals surface area contributed by atoms with Gasteiger partial charge >= 0.3 is 0 Å². The third-order valence-corrected chi connectivity index (χ3v) is 6.11. The lowest BCUT2D eigenvalue weighted by Gasteiger charge is -2.34. The zero-order valence-electron chi connectivity index (χ0n) is 18.0. The van der Waals surface area contributed by atoms with E-state index in [1.54, 1.807) is 30.2 Å². The van der Waals surface area contributed by atoms with Gasteiger partial charge in [-0.1, -0.05) is 6.07 Å². The number of amides is 1. The molecule has 166 valence electrons. The number of anilines is 4. The molecule has 32 heavy (non-hydrogen) atoms. The van der Waals surface area contributed by atoms with Gasteiger partial charge in [0.05, 0.1) is 23.3 Å². The van der Waals surface area contributed by atoms with Crippen LogP contribution in [0.2, 0.25) is 0 Å². The molecule has 0 saturated carbocycles. The Labute approximate surface area is 185 Å². The van der Waals surface area contributed by atoms with Gasteiger partial charge in [0.2, 0.25) is 5.91 Å². The van der Waals surface area contributed by atoms with Gasteiger partial charge in [0.15, 0.2) is 0 Å². The summed E-state index contributed by atoms with van der Waals surface area (Å²) in [6.45, 7) is 2.67. The van der Waals surface area contributed by atoms with Gasteiger partial charge in [-0.2, -0.15) is 5.10 Å². The topological polar surface area (TPSA) is 62.2 Å². The molecule has 3 aromatic rings. The number of fused-ring (bicyclic) bond motifs is 2. The van der Waals surface area contributed by atoms with Crippen LogP contribution < -0.4 is 15.5 Å². The number of hydrogen-bond acceptors (Lipinski definition) is 4. The summed E-state index contributed by atoms with van der Waals surface area (Å²) in [6, 6.07) is 9.20. The molecular weight excluding hydrogens is 412 g/mol. The molecule has 1 atom stereocenters. The van der Waals surface area contributed by atoms with Crippen LogP contribution in [0, 0.1) is 0 Å². The highest BCUT2D eigenvalue weighted by atomic mass is 19.3. The molecule has 0 aliphatic carbocycles. The number of rotatable bonds is 3. The van der Waals surface area contributed by atoms with Crippen molar-refractivity contribution in [3.05, 3.63) is 53.9 Å². The second kappa shape index (κ2) is 7.93. The van der Waals surface area contributed by atoms with Crippen LogP contribution in [-0.4, -0.2) is 28.3 Å². The number of aromatic nitrogens is 2. The summed E-state index contributed by atoms with van der Waals surface area (Å²) >= 11 is 0. The number of aryl methyl sites for hydroxylation is 2. The Balaban J connectivity index is 1.64. The van der Waals surface area contributed by atoms with Gasteiger partial charge in [0.25, 0.3) is 6.43 Å². The van der Waals surface area contributed by atoms with Crippen LogP contribution in [0.4, 0.5) is 31.5 Å². The summed E-state index contributed by atoms with van der Waals surface area (Å²) in [5, 5.41) is 10.6. The van der Waals surface area contributed by atoms with Crippen molar-refractivity contribution < 1.29 is 13.6 Å². The average Bonchev–Trinajstić information content (AvgIpc) is 3.12. The molecule has 5 rings (SSSR count). The number of nitrogens with one attached hydrogen (secondary N) is 2. The molecule has 3 heterocycles. The van der Waals surface area contributed by atoms with Crippen molar-refractivity contribution in [3.8, 4) is 11.1 Å². The van der Waals surface area contributed by atoms with Crippen molar-refractivity contribution in [1.82, 2.24) is 9.78 Å². The van der Waals surface area contributed by atoms with Gasteiger partial charge in [0.1, 0.15) is 0 Å². The summed E-state index contributed by atoms with van der Waals surface area (Å²) in [5.74, 6) is -0.0407. The van der Waals surface area contributed by atoms with Gasteiger partial charge in [-0.05, 0) is 55.2 Å². The largest absolute Gasteiger partial charge is 0.379 e. The molecule has 0 bridgehead atoms. The van der Waals surface area contributed by atoms with Gasteiger partial charge < -0.3 is 15.5 Å². The molecule has 6 nitrogen and oxygen atoms in total. The molecule has 0 spiro atoms. The number of halogens is 2. The third-order valence-electron chi connectivity index (χ3n) is 6.11. The molecule has 2 aliphatic rings. The van der Waals surface area contributed by atoms with E-state index < -0.39 is 6.43 Å². The van der Waals surface area contributed by atoms with Crippen molar-refractivity contribution in [2.45, 2.75) is 38.7 Å². The molecule has 8 heteroatoms. The number of carbonyl (C=O) groups excluding carboxylic acids is 1. The highest BCUT2D eigenvalue weighted by molar-refractivity contribution is 6.00. The molecule has 0 unspecified atom stereocenters. The fourth-order valence-electron chi connectivity index (χ4n) is 4.69. The minimum absolute atomic E-state index is 0.000279. The standard InChI is InChI=1S/C24H25F2N5O/c1-14-9-22(32)29-19-6-3-7-20(23(19)28-14)31-8-4-5-15-10-17(16-12-27-30(2)13-16)18(24(25)26)11-21(15)31/h3,6-7,10-14,24,28H,4-5,8-9H2,1-2H3,(H,29,32)/t14-/m1/s1. The third kappa shape index (κ3) is 3.59. The van der Waals surface area contributed by atoms with Gasteiger partial charge in [-0.15, -0.1) is 0 Å². The van der Waals surface area contributed by atoms with Gasteiger partial charge in [-0.25, -0.2) is 8.78 Å².